The first kappa shape index (κ1) is 13.4. The van der Waals surface area contributed by atoms with Crippen LogP contribution in [0.15, 0.2) is 46.2 Å². The molecule has 0 amide bonds. The monoisotopic (exact) mass is 286 g/mol. The summed E-state index contributed by atoms with van der Waals surface area (Å²) in [7, 11) is -3.39. The van der Waals surface area contributed by atoms with Crippen LogP contribution in [0.5, 0.6) is 0 Å². The first-order valence-electron chi connectivity index (χ1n) is 7.00. The van der Waals surface area contributed by atoms with Crippen molar-refractivity contribution in [3.05, 3.63) is 58.7 Å². The minimum atomic E-state index is -3.39. The molecule has 0 atom stereocenters. The summed E-state index contributed by atoms with van der Waals surface area (Å²) >= 11 is 0. The van der Waals surface area contributed by atoms with Crippen LogP contribution in [0.25, 0.3) is 0 Å². The van der Waals surface area contributed by atoms with Gasteiger partial charge in [-0.3, -0.25) is 0 Å². The Kier molecular flexibility index (Phi) is 3.17. The highest BCUT2D eigenvalue weighted by atomic mass is 32.2. The van der Waals surface area contributed by atoms with Gasteiger partial charge in [-0.05, 0) is 60.6 Å². The molecule has 1 heterocycles. The average molecular weight is 286 g/mol. The quantitative estimate of drug-likeness (QED) is 0.804. The highest BCUT2D eigenvalue weighted by Gasteiger charge is 2.28. The molecule has 0 fully saturated rings. The lowest BCUT2D eigenvalue weighted by molar-refractivity contribution is 0.595. The molecule has 1 aliphatic heterocycles. The van der Waals surface area contributed by atoms with Crippen LogP contribution in [-0.4, -0.2) is 8.42 Å². The summed E-state index contributed by atoms with van der Waals surface area (Å²) in [6.45, 7) is 4.15. The van der Waals surface area contributed by atoms with Crippen molar-refractivity contribution in [1.29, 1.82) is 0 Å². The average Bonchev–Trinajstić information content (AvgIpc) is 2.55. The highest BCUT2D eigenvalue weighted by molar-refractivity contribution is 7.91. The van der Waals surface area contributed by atoms with Crippen molar-refractivity contribution in [3.63, 3.8) is 0 Å². The predicted molar refractivity (Wildman–Crippen MR) is 79.9 cm³/mol. The fourth-order valence-corrected chi connectivity index (χ4v) is 4.96. The van der Waals surface area contributed by atoms with Gasteiger partial charge in [0.1, 0.15) is 0 Å². The summed E-state index contributed by atoms with van der Waals surface area (Å²) in [5, 5.41) is 0. The summed E-state index contributed by atoms with van der Waals surface area (Å²) in [6.07, 6.45) is 2.47. The Bertz CT molecular complexity index is 774. The second-order valence-corrected chi connectivity index (χ2v) is 7.19. The molecule has 104 valence electrons. The predicted octanol–water partition coefficient (Wildman–Crippen LogP) is 3.49. The van der Waals surface area contributed by atoms with Gasteiger partial charge in [0, 0.05) is 0 Å². The van der Waals surface area contributed by atoms with Crippen molar-refractivity contribution < 1.29 is 8.42 Å². The van der Waals surface area contributed by atoms with E-state index in [-0.39, 0.29) is 0 Å². The van der Waals surface area contributed by atoms with E-state index >= 15 is 0 Å². The normalized spacial score (nSPS) is 16.1. The number of benzene rings is 2. The van der Waals surface area contributed by atoms with Crippen molar-refractivity contribution >= 4 is 9.84 Å². The van der Waals surface area contributed by atoms with Crippen LogP contribution >= 0.6 is 0 Å². The van der Waals surface area contributed by atoms with E-state index in [2.05, 4.69) is 13.8 Å². The summed E-state index contributed by atoms with van der Waals surface area (Å²) in [4.78, 5) is 0.981. The van der Waals surface area contributed by atoms with E-state index in [4.69, 9.17) is 0 Å². The van der Waals surface area contributed by atoms with E-state index in [1.165, 1.54) is 11.1 Å². The van der Waals surface area contributed by atoms with E-state index in [0.29, 0.717) is 9.79 Å². The maximum absolute atomic E-state index is 12.9. The molecule has 2 aromatic rings. The van der Waals surface area contributed by atoms with Crippen LogP contribution in [0.4, 0.5) is 0 Å². The summed E-state index contributed by atoms with van der Waals surface area (Å²) < 4.78 is 25.8. The first-order chi connectivity index (χ1) is 9.55. The molecular formula is C17H18O2S. The number of fused-ring (bicyclic) bond motifs is 2. The maximum atomic E-state index is 12.9. The van der Waals surface area contributed by atoms with Crippen molar-refractivity contribution in [2.45, 2.75) is 42.9 Å². The number of sulfone groups is 1. The highest BCUT2D eigenvalue weighted by Crippen LogP contribution is 2.34. The van der Waals surface area contributed by atoms with Crippen LogP contribution in [0.1, 0.15) is 29.2 Å². The van der Waals surface area contributed by atoms with Crippen molar-refractivity contribution in [2.24, 2.45) is 0 Å². The zero-order chi connectivity index (χ0) is 14.3. The maximum Gasteiger partial charge on any atom is 0.207 e. The second-order valence-electron chi connectivity index (χ2n) is 5.30. The molecule has 3 heteroatoms. The smallest absolute Gasteiger partial charge is 0.207 e. The van der Waals surface area contributed by atoms with Crippen LogP contribution in [0, 0.1) is 6.92 Å². The van der Waals surface area contributed by atoms with E-state index < -0.39 is 9.84 Å². The fourth-order valence-electron chi connectivity index (χ4n) is 3.16. The van der Waals surface area contributed by atoms with E-state index in [9.17, 15) is 8.42 Å². The Morgan fingerprint density at radius 3 is 2.50 bits per heavy atom. The Hall–Kier alpha value is -1.61. The zero-order valence-electron chi connectivity index (χ0n) is 11.8. The van der Waals surface area contributed by atoms with Gasteiger partial charge in [0.25, 0.3) is 0 Å². The molecule has 0 radical (unpaired) electrons. The van der Waals surface area contributed by atoms with Crippen molar-refractivity contribution in [2.75, 3.05) is 0 Å². The third-order valence-corrected chi connectivity index (χ3v) is 6.11. The summed E-state index contributed by atoms with van der Waals surface area (Å²) in [6, 6.07) is 11.1. The molecule has 0 saturated carbocycles. The van der Waals surface area contributed by atoms with Gasteiger partial charge in [-0.15, -0.1) is 0 Å². The Labute approximate surface area is 120 Å². The summed E-state index contributed by atoms with van der Waals surface area (Å²) in [5.41, 5.74) is 4.33. The van der Waals surface area contributed by atoms with Gasteiger partial charge in [0.2, 0.25) is 9.84 Å². The first-order valence-corrected chi connectivity index (χ1v) is 8.48. The minimum absolute atomic E-state index is 0.477. The van der Waals surface area contributed by atoms with Crippen LogP contribution in [0.2, 0.25) is 0 Å². The Balaban J connectivity index is 2.35. The van der Waals surface area contributed by atoms with Gasteiger partial charge in [-0.2, -0.15) is 0 Å². The van der Waals surface area contributed by atoms with Gasteiger partial charge < -0.3 is 0 Å². The van der Waals surface area contributed by atoms with Crippen LogP contribution in [0.3, 0.4) is 0 Å². The number of hydrogen-bond acceptors (Lipinski definition) is 2. The molecule has 0 aromatic heterocycles. The van der Waals surface area contributed by atoms with E-state index in [0.717, 1.165) is 30.4 Å². The Morgan fingerprint density at radius 2 is 1.75 bits per heavy atom. The topological polar surface area (TPSA) is 34.1 Å². The molecule has 0 saturated heterocycles. The number of hydrogen-bond donors (Lipinski definition) is 0. The van der Waals surface area contributed by atoms with E-state index in [1.807, 2.05) is 18.2 Å². The van der Waals surface area contributed by atoms with Crippen molar-refractivity contribution in [3.8, 4) is 0 Å². The zero-order valence-corrected chi connectivity index (χ0v) is 12.6. The van der Waals surface area contributed by atoms with Crippen LogP contribution in [-0.2, 0) is 29.1 Å². The minimum Gasteiger partial charge on any atom is -0.218 e. The molecule has 0 aliphatic carbocycles. The third-order valence-electron chi connectivity index (χ3n) is 4.17. The largest absolute Gasteiger partial charge is 0.218 e. The fraction of sp³-hybridized carbons (Fsp3) is 0.294. The molecule has 0 unspecified atom stereocenters. The van der Waals surface area contributed by atoms with Gasteiger partial charge in [-0.25, -0.2) is 8.42 Å². The SMILES string of the molecule is CCc1c(C)ccc2c1CCc1ccccc1S2(=O)=O. The molecule has 2 aromatic carbocycles. The summed E-state index contributed by atoms with van der Waals surface area (Å²) in [5.74, 6) is 0. The van der Waals surface area contributed by atoms with Gasteiger partial charge in [-0.1, -0.05) is 31.2 Å². The van der Waals surface area contributed by atoms with Gasteiger partial charge in [0.05, 0.1) is 9.79 Å². The molecule has 0 spiro atoms. The number of rotatable bonds is 1. The molecule has 1 aliphatic rings. The van der Waals surface area contributed by atoms with Crippen molar-refractivity contribution in [1.82, 2.24) is 0 Å². The lowest BCUT2D eigenvalue weighted by Crippen LogP contribution is -2.07. The number of aryl methyl sites for hydroxylation is 2. The second kappa shape index (κ2) is 4.74. The Morgan fingerprint density at radius 1 is 1.00 bits per heavy atom. The third kappa shape index (κ3) is 1.88. The van der Waals surface area contributed by atoms with Gasteiger partial charge >= 0.3 is 0 Å². The lowest BCUT2D eigenvalue weighted by atomic mass is 9.95. The van der Waals surface area contributed by atoms with E-state index in [1.54, 1.807) is 18.2 Å². The standard InChI is InChI=1S/C17H18O2S/c1-3-14-12(2)8-11-17-15(14)10-9-13-6-4-5-7-16(13)20(17,18)19/h4-8,11H,3,9-10H2,1-2H3. The van der Waals surface area contributed by atoms with Gasteiger partial charge in [0.15, 0.2) is 0 Å². The molecule has 0 N–H and O–H groups in total. The molecular weight excluding hydrogens is 268 g/mol. The van der Waals surface area contributed by atoms with Crippen LogP contribution < -0.4 is 0 Å². The lowest BCUT2D eigenvalue weighted by Gasteiger charge is -2.14. The molecule has 2 nitrogen and oxygen atoms in total. The molecule has 0 bridgehead atoms. The molecule has 3 rings (SSSR count). The molecule has 20 heavy (non-hydrogen) atoms.